The van der Waals surface area contributed by atoms with E-state index >= 15 is 0 Å². The van der Waals surface area contributed by atoms with Gasteiger partial charge in [0.2, 0.25) is 0 Å². The second-order valence-corrected chi connectivity index (χ2v) is 5.79. The quantitative estimate of drug-likeness (QED) is 0.483. The van der Waals surface area contributed by atoms with Crippen LogP contribution in [0.3, 0.4) is 0 Å². The Morgan fingerprint density at radius 2 is 1.52 bits per heavy atom. The summed E-state index contributed by atoms with van der Waals surface area (Å²) < 4.78 is 11.0. The van der Waals surface area contributed by atoms with E-state index in [1.807, 2.05) is 42.5 Å². The fourth-order valence-corrected chi connectivity index (χ4v) is 2.74. The van der Waals surface area contributed by atoms with Crippen LogP contribution in [-0.2, 0) is 0 Å². The highest BCUT2D eigenvalue weighted by Crippen LogP contribution is 2.34. The molecule has 0 N–H and O–H groups in total. The molecule has 0 aliphatic carbocycles. The number of hydrogen-bond donors (Lipinski definition) is 0. The van der Waals surface area contributed by atoms with E-state index in [1.54, 1.807) is 31.4 Å². The Kier molecular flexibility index (Phi) is 5.14. The number of ether oxygens (including phenoxy) is 2. The Labute approximate surface area is 147 Å². The molecule has 0 radical (unpaired) electrons. The van der Waals surface area contributed by atoms with Gasteiger partial charge in [-0.3, -0.25) is 0 Å². The molecule has 0 amide bonds. The number of esters is 1. The van der Waals surface area contributed by atoms with E-state index in [-0.39, 0.29) is 11.9 Å². The molecule has 25 heavy (non-hydrogen) atoms. The lowest BCUT2D eigenvalue weighted by atomic mass is 9.92. The van der Waals surface area contributed by atoms with Gasteiger partial charge in [-0.25, -0.2) is 4.79 Å². The normalized spacial score (nSPS) is 11.6. The third-order valence-corrected chi connectivity index (χ3v) is 4.20. The predicted molar refractivity (Wildman–Crippen MR) is 98.4 cm³/mol. The van der Waals surface area contributed by atoms with Crippen LogP contribution in [-0.4, -0.2) is 13.1 Å². The molecular weight excluding hydrogens is 312 g/mol. The second-order valence-electron chi connectivity index (χ2n) is 5.79. The van der Waals surface area contributed by atoms with Gasteiger partial charge in [0, 0.05) is 11.5 Å². The van der Waals surface area contributed by atoms with Crippen molar-refractivity contribution < 1.29 is 14.3 Å². The van der Waals surface area contributed by atoms with Gasteiger partial charge in [-0.15, -0.1) is 0 Å². The highest BCUT2D eigenvalue weighted by atomic mass is 16.5. The number of hydrogen-bond acceptors (Lipinski definition) is 3. The second kappa shape index (κ2) is 7.67. The van der Waals surface area contributed by atoms with Gasteiger partial charge in [0.25, 0.3) is 0 Å². The van der Waals surface area contributed by atoms with E-state index in [1.165, 1.54) is 0 Å². The smallest absolute Gasteiger partial charge is 0.343 e. The summed E-state index contributed by atoms with van der Waals surface area (Å²) in [5, 5.41) is 0. The molecule has 0 aliphatic rings. The van der Waals surface area contributed by atoms with Crippen molar-refractivity contribution in [3.05, 3.63) is 95.6 Å². The predicted octanol–water partition coefficient (Wildman–Crippen LogP) is 5.07. The molecule has 0 heterocycles. The average Bonchev–Trinajstić information content (AvgIpc) is 2.69. The van der Waals surface area contributed by atoms with Crippen molar-refractivity contribution in [2.75, 3.05) is 7.11 Å². The fraction of sp³-hybridized carbons (Fsp3) is 0.136. The number of benzene rings is 3. The molecule has 0 saturated heterocycles. The first-order valence-electron chi connectivity index (χ1n) is 8.19. The zero-order valence-corrected chi connectivity index (χ0v) is 14.3. The summed E-state index contributed by atoms with van der Waals surface area (Å²) in [6.45, 7) is 2.09. The van der Waals surface area contributed by atoms with E-state index < -0.39 is 0 Å². The summed E-state index contributed by atoms with van der Waals surface area (Å²) in [4.78, 5) is 12.4. The van der Waals surface area contributed by atoms with Gasteiger partial charge in [-0.2, -0.15) is 0 Å². The Hall–Kier alpha value is -3.07. The van der Waals surface area contributed by atoms with E-state index in [4.69, 9.17) is 9.47 Å². The van der Waals surface area contributed by atoms with Crippen LogP contribution in [0.2, 0.25) is 0 Å². The monoisotopic (exact) mass is 332 g/mol. The summed E-state index contributed by atoms with van der Waals surface area (Å²) >= 11 is 0. The minimum absolute atomic E-state index is 0.0647. The number of carbonyl (C=O) groups is 1. The topological polar surface area (TPSA) is 35.5 Å². The molecule has 0 aromatic heterocycles. The molecule has 0 bridgehead atoms. The van der Waals surface area contributed by atoms with Crippen LogP contribution in [0.5, 0.6) is 11.5 Å². The summed E-state index contributed by atoms with van der Waals surface area (Å²) in [6, 6.07) is 24.6. The molecule has 3 nitrogen and oxygen atoms in total. The average molecular weight is 332 g/mol. The van der Waals surface area contributed by atoms with Crippen LogP contribution in [0.1, 0.15) is 34.3 Å². The van der Waals surface area contributed by atoms with Crippen molar-refractivity contribution in [3.63, 3.8) is 0 Å². The van der Waals surface area contributed by atoms with Crippen molar-refractivity contribution in [2.45, 2.75) is 12.8 Å². The Morgan fingerprint density at radius 1 is 0.880 bits per heavy atom. The molecule has 0 aliphatic heterocycles. The van der Waals surface area contributed by atoms with Gasteiger partial charge in [0.05, 0.1) is 12.7 Å². The molecule has 0 fully saturated rings. The highest BCUT2D eigenvalue weighted by molar-refractivity contribution is 5.91. The van der Waals surface area contributed by atoms with Crippen LogP contribution >= 0.6 is 0 Å². The first-order chi connectivity index (χ1) is 12.2. The molecule has 126 valence electrons. The van der Waals surface area contributed by atoms with Crippen LogP contribution in [0, 0.1) is 0 Å². The Bertz CT molecular complexity index is 842. The van der Waals surface area contributed by atoms with Crippen molar-refractivity contribution in [1.29, 1.82) is 0 Å². The zero-order chi connectivity index (χ0) is 17.6. The van der Waals surface area contributed by atoms with E-state index in [2.05, 4.69) is 19.1 Å². The molecule has 3 aromatic rings. The summed E-state index contributed by atoms with van der Waals surface area (Å²) in [6.07, 6.45) is 0. The standard InChI is InChI=1S/C22H20O3/c1-16(17-9-5-3-6-10-17)20-15-19(24-2)13-14-21(20)25-22(23)18-11-7-4-8-12-18/h3-16H,1-2H3. The number of carbonyl (C=O) groups excluding carboxylic acids is 1. The van der Waals surface area contributed by atoms with Gasteiger partial charge < -0.3 is 9.47 Å². The van der Waals surface area contributed by atoms with E-state index in [0.29, 0.717) is 11.3 Å². The lowest BCUT2D eigenvalue weighted by molar-refractivity contribution is 0.0732. The molecule has 1 unspecified atom stereocenters. The first kappa shape index (κ1) is 16.8. The van der Waals surface area contributed by atoms with Gasteiger partial charge in [0.15, 0.2) is 0 Å². The van der Waals surface area contributed by atoms with Crippen molar-refractivity contribution in [1.82, 2.24) is 0 Å². The van der Waals surface area contributed by atoms with Crippen LogP contribution in [0.25, 0.3) is 0 Å². The van der Waals surface area contributed by atoms with Crippen molar-refractivity contribution >= 4 is 5.97 Å². The summed E-state index contributed by atoms with van der Waals surface area (Å²) in [5.41, 5.74) is 2.58. The van der Waals surface area contributed by atoms with Crippen LogP contribution < -0.4 is 9.47 Å². The molecule has 3 aromatic carbocycles. The highest BCUT2D eigenvalue weighted by Gasteiger charge is 2.18. The van der Waals surface area contributed by atoms with Crippen LogP contribution in [0.4, 0.5) is 0 Å². The van der Waals surface area contributed by atoms with Crippen molar-refractivity contribution in [2.24, 2.45) is 0 Å². The van der Waals surface area contributed by atoms with Crippen LogP contribution in [0.15, 0.2) is 78.9 Å². The van der Waals surface area contributed by atoms with E-state index in [9.17, 15) is 4.79 Å². The van der Waals surface area contributed by atoms with Gasteiger partial charge in [-0.1, -0.05) is 55.5 Å². The molecular formula is C22H20O3. The minimum atomic E-state index is -0.368. The van der Waals surface area contributed by atoms with Gasteiger partial charge in [-0.05, 0) is 35.9 Å². The number of rotatable bonds is 5. The largest absolute Gasteiger partial charge is 0.497 e. The number of methoxy groups -OCH3 is 1. The van der Waals surface area contributed by atoms with E-state index in [0.717, 1.165) is 16.9 Å². The zero-order valence-electron chi connectivity index (χ0n) is 14.3. The van der Waals surface area contributed by atoms with Crippen molar-refractivity contribution in [3.8, 4) is 11.5 Å². The maximum atomic E-state index is 12.4. The third kappa shape index (κ3) is 3.89. The maximum Gasteiger partial charge on any atom is 0.343 e. The fourth-order valence-electron chi connectivity index (χ4n) is 2.74. The molecule has 0 spiro atoms. The van der Waals surface area contributed by atoms with Gasteiger partial charge in [0.1, 0.15) is 11.5 Å². The lowest BCUT2D eigenvalue weighted by Gasteiger charge is -2.18. The minimum Gasteiger partial charge on any atom is -0.497 e. The molecule has 3 heteroatoms. The summed E-state index contributed by atoms with van der Waals surface area (Å²) in [7, 11) is 1.63. The lowest BCUT2D eigenvalue weighted by Crippen LogP contribution is -2.11. The molecule has 0 saturated carbocycles. The first-order valence-corrected chi connectivity index (χ1v) is 8.19. The maximum absolute atomic E-state index is 12.4. The summed E-state index contributed by atoms with van der Waals surface area (Å²) in [5.74, 6) is 0.977. The Balaban J connectivity index is 1.95. The SMILES string of the molecule is COc1ccc(OC(=O)c2ccccc2)c(C(C)c2ccccc2)c1. The third-order valence-electron chi connectivity index (χ3n) is 4.20. The van der Waals surface area contributed by atoms with Gasteiger partial charge >= 0.3 is 5.97 Å². The molecule has 3 rings (SSSR count). The molecule has 1 atom stereocenters. The Morgan fingerprint density at radius 3 is 2.16 bits per heavy atom.